The second-order valence-corrected chi connectivity index (χ2v) is 9.46. The first-order valence-electron chi connectivity index (χ1n) is 9.74. The Morgan fingerprint density at radius 1 is 1.23 bits per heavy atom. The lowest BCUT2D eigenvalue weighted by atomic mass is 10.1. The molecule has 0 aliphatic carbocycles. The number of nitrogens with one attached hydrogen (secondary N) is 1. The Hall–Kier alpha value is -2.71. The largest absolute Gasteiger partial charge is 0.351 e. The monoisotopic (exact) mass is 431 g/mol. The van der Waals surface area contributed by atoms with Crippen molar-refractivity contribution in [1.29, 1.82) is 0 Å². The Bertz CT molecular complexity index is 1020. The number of likely N-dealkylation sites (N-methyl/N-ethyl adjacent to an activating group) is 1. The zero-order valence-electron chi connectivity index (χ0n) is 17.1. The van der Waals surface area contributed by atoms with Crippen molar-refractivity contribution in [1.82, 2.24) is 10.2 Å². The van der Waals surface area contributed by atoms with Crippen LogP contribution in [0.25, 0.3) is 6.08 Å². The van der Waals surface area contributed by atoms with Crippen LogP contribution < -0.4 is 9.62 Å². The molecule has 160 valence electrons. The maximum absolute atomic E-state index is 13.5. The van der Waals surface area contributed by atoms with Crippen LogP contribution in [0.3, 0.4) is 0 Å². The van der Waals surface area contributed by atoms with Gasteiger partial charge in [0.05, 0.1) is 17.5 Å². The summed E-state index contributed by atoms with van der Waals surface area (Å²) in [5, 5.41) is 2.84. The molecule has 8 heteroatoms. The van der Waals surface area contributed by atoms with Gasteiger partial charge in [-0.2, -0.15) is 0 Å². The number of amides is 1. The van der Waals surface area contributed by atoms with E-state index in [0.29, 0.717) is 25.2 Å². The molecule has 1 aliphatic heterocycles. The Kier molecular flexibility index (Phi) is 6.89. The van der Waals surface area contributed by atoms with E-state index in [9.17, 15) is 17.6 Å². The molecule has 1 heterocycles. The zero-order chi connectivity index (χ0) is 21.7. The summed E-state index contributed by atoms with van der Waals surface area (Å²) in [5.41, 5.74) is 2.22. The number of anilines is 1. The molecule has 3 rings (SSSR count). The quantitative estimate of drug-likeness (QED) is 0.685. The number of carbonyl (C=O) groups is 1. The van der Waals surface area contributed by atoms with E-state index in [0.717, 1.165) is 11.1 Å². The van der Waals surface area contributed by atoms with Crippen molar-refractivity contribution in [3.05, 3.63) is 71.6 Å². The van der Waals surface area contributed by atoms with Crippen molar-refractivity contribution in [3.8, 4) is 0 Å². The summed E-state index contributed by atoms with van der Waals surface area (Å²) in [7, 11) is 0.546. The molecule has 0 saturated carbocycles. The first-order chi connectivity index (χ1) is 14.3. The fourth-order valence-electron chi connectivity index (χ4n) is 3.42. The van der Waals surface area contributed by atoms with Crippen molar-refractivity contribution >= 4 is 27.7 Å². The number of nitrogens with zero attached hydrogens (tertiary/aromatic N) is 2. The fourth-order valence-corrected chi connectivity index (χ4v) is 4.99. The van der Waals surface area contributed by atoms with Crippen LogP contribution in [0.15, 0.2) is 54.6 Å². The van der Waals surface area contributed by atoms with Crippen molar-refractivity contribution in [3.63, 3.8) is 0 Å². The standard InChI is InChI=1S/C22H26FN3O3S/c1-25(2)21(18-5-3-6-19(23)15-18)16-24-22(27)12-9-17-7-10-20(11-8-17)26-13-4-14-30(26,28)29/h3,5-12,15,21H,4,13-14,16H2,1-2H3,(H,24,27)/b12-9+. The molecular weight excluding hydrogens is 405 g/mol. The molecule has 0 radical (unpaired) electrons. The molecule has 1 saturated heterocycles. The predicted molar refractivity (Wildman–Crippen MR) is 117 cm³/mol. The van der Waals surface area contributed by atoms with E-state index in [4.69, 9.17) is 0 Å². The highest BCUT2D eigenvalue weighted by Gasteiger charge is 2.28. The lowest BCUT2D eigenvalue weighted by Gasteiger charge is -2.24. The van der Waals surface area contributed by atoms with Crippen LogP contribution in [0.4, 0.5) is 10.1 Å². The van der Waals surface area contributed by atoms with Crippen molar-refractivity contribution in [2.24, 2.45) is 0 Å². The Labute approximate surface area is 177 Å². The minimum Gasteiger partial charge on any atom is -0.351 e. The van der Waals surface area contributed by atoms with Gasteiger partial charge in [0.2, 0.25) is 15.9 Å². The number of hydrogen-bond acceptors (Lipinski definition) is 4. The van der Waals surface area contributed by atoms with Gasteiger partial charge in [-0.3, -0.25) is 9.10 Å². The summed E-state index contributed by atoms with van der Waals surface area (Å²) in [6.45, 7) is 0.837. The van der Waals surface area contributed by atoms with Crippen LogP contribution in [0.5, 0.6) is 0 Å². The number of sulfonamides is 1. The number of hydrogen-bond donors (Lipinski definition) is 1. The fraction of sp³-hybridized carbons (Fsp3) is 0.318. The summed E-state index contributed by atoms with van der Waals surface area (Å²) in [5.74, 6) is -0.390. The molecule has 1 N–H and O–H groups in total. The summed E-state index contributed by atoms with van der Waals surface area (Å²) >= 11 is 0. The highest BCUT2D eigenvalue weighted by molar-refractivity contribution is 7.93. The molecule has 1 aliphatic rings. The molecule has 1 fully saturated rings. The van der Waals surface area contributed by atoms with Crippen LogP contribution in [0.2, 0.25) is 0 Å². The normalized spacial score (nSPS) is 16.9. The van der Waals surface area contributed by atoms with Gasteiger partial charge in [0.1, 0.15) is 5.82 Å². The van der Waals surface area contributed by atoms with E-state index in [1.54, 1.807) is 36.4 Å². The average Bonchev–Trinajstić information content (AvgIpc) is 3.06. The summed E-state index contributed by atoms with van der Waals surface area (Å²) < 4.78 is 38.9. The Morgan fingerprint density at radius 2 is 1.97 bits per heavy atom. The van der Waals surface area contributed by atoms with Gasteiger partial charge in [0, 0.05) is 19.2 Å². The van der Waals surface area contributed by atoms with Crippen molar-refractivity contribution in [2.45, 2.75) is 12.5 Å². The predicted octanol–water partition coefficient (Wildman–Crippen LogP) is 2.80. The molecule has 1 atom stereocenters. The first-order valence-corrected chi connectivity index (χ1v) is 11.4. The van der Waals surface area contributed by atoms with E-state index in [-0.39, 0.29) is 23.5 Å². The molecular formula is C22H26FN3O3S. The molecule has 1 unspecified atom stereocenters. The van der Waals surface area contributed by atoms with Crippen LogP contribution >= 0.6 is 0 Å². The molecule has 0 aromatic heterocycles. The lowest BCUT2D eigenvalue weighted by Crippen LogP contribution is -2.33. The molecule has 1 amide bonds. The van der Waals surface area contributed by atoms with Gasteiger partial charge in [-0.05, 0) is 62.0 Å². The molecule has 30 heavy (non-hydrogen) atoms. The Balaban J connectivity index is 1.59. The second-order valence-electron chi connectivity index (χ2n) is 7.45. The van der Waals surface area contributed by atoms with E-state index >= 15 is 0 Å². The van der Waals surface area contributed by atoms with Gasteiger partial charge in [-0.15, -0.1) is 0 Å². The van der Waals surface area contributed by atoms with E-state index in [1.807, 2.05) is 25.1 Å². The summed E-state index contributed by atoms with van der Waals surface area (Å²) in [6, 6.07) is 13.2. The Morgan fingerprint density at radius 3 is 2.57 bits per heavy atom. The van der Waals surface area contributed by atoms with Gasteiger partial charge in [-0.25, -0.2) is 12.8 Å². The van der Waals surface area contributed by atoms with Crippen molar-refractivity contribution < 1.29 is 17.6 Å². The summed E-state index contributed by atoms with van der Waals surface area (Å²) in [4.78, 5) is 14.1. The van der Waals surface area contributed by atoms with E-state index in [2.05, 4.69) is 5.32 Å². The molecule has 6 nitrogen and oxygen atoms in total. The SMILES string of the molecule is CN(C)C(CNC(=O)/C=C/c1ccc(N2CCCS2(=O)=O)cc1)c1cccc(F)c1. The summed E-state index contributed by atoms with van der Waals surface area (Å²) in [6.07, 6.45) is 3.73. The van der Waals surface area contributed by atoms with Crippen LogP contribution in [-0.2, 0) is 14.8 Å². The molecule has 0 bridgehead atoms. The zero-order valence-corrected chi connectivity index (χ0v) is 17.9. The molecule has 2 aromatic carbocycles. The number of benzene rings is 2. The molecule has 0 spiro atoms. The third-order valence-electron chi connectivity index (χ3n) is 5.03. The third kappa shape index (κ3) is 5.46. The first kappa shape index (κ1) is 22.0. The highest BCUT2D eigenvalue weighted by atomic mass is 32.2. The van der Waals surface area contributed by atoms with Crippen molar-refractivity contribution in [2.75, 3.05) is 37.2 Å². The van der Waals surface area contributed by atoms with Gasteiger partial charge in [-0.1, -0.05) is 24.3 Å². The lowest BCUT2D eigenvalue weighted by molar-refractivity contribution is -0.116. The van der Waals surface area contributed by atoms with E-state index in [1.165, 1.54) is 22.5 Å². The van der Waals surface area contributed by atoms with Gasteiger partial charge in [0.25, 0.3) is 0 Å². The highest BCUT2D eigenvalue weighted by Crippen LogP contribution is 2.24. The van der Waals surface area contributed by atoms with Crippen LogP contribution in [-0.4, -0.2) is 52.2 Å². The minimum absolute atomic E-state index is 0.153. The van der Waals surface area contributed by atoms with Crippen LogP contribution in [0, 0.1) is 5.82 Å². The third-order valence-corrected chi connectivity index (χ3v) is 6.90. The maximum atomic E-state index is 13.5. The number of rotatable bonds is 7. The van der Waals surface area contributed by atoms with Crippen LogP contribution in [0.1, 0.15) is 23.6 Å². The average molecular weight is 432 g/mol. The minimum atomic E-state index is -3.20. The molecule has 2 aromatic rings. The van der Waals surface area contributed by atoms with Gasteiger partial charge in [0.15, 0.2) is 0 Å². The second kappa shape index (κ2) is 9.40. The van der Waals surface area contributed by atoms with Gasteiger partial charge < -0.3 is 10.2 Å². The maximum Gasteiger partial charge on any atom is 0.244 e. The van der Waals surface area contributed by atoms with Gasteiger partial charge >= 0.3 is 0 Å². The number of halogens is 1. The number of carbonyl (C=O) groups excluding carboxylic acids is 1. The van der Waals surface area contributed by atoms with E-state index < -0.39 is 10.0 Å². The topological polar surface area (TPSA) is 69.7 Å². The smallest absolute Gasteiger partial charge is 0.244 e.